The summed E-state index contributed by atoms with van der Waals surface area (Å²) >= 11 is 0. The molecule has 1 fully saturated rings. The van der Waals surface area contributed by atoms with E-state index in [2.05, 4.69) is 6.92 Å². The quantitative estimate of drug-likeness (QED) is 0.407. The highest BCUT2D eigenvalue weighted by atomic mass is 16.5. The Morgan fingerprint density at radius 3 is 2.28 bits per heavy atom. The molecule has 0 radical (unpaired) electrons. The lowest BCUT2D eigenvalue weighted by Gasteiger charge is -2.37. The molecule has 0 N–H and O–H groups in total. The Labute approximate surface area is 191 Å². The predicted molar refractivity (Wildman–Crippen MR) is 123 cm³/mol. The van der Waals surface area contributed by atoms with Gasteiger partial charge in [0, 0.05) is 26.2 Å². The minimum atomic E-state index is -0.247. The van der Waals surface area contributed by atoms with Gasteiger partial charge in [0.25, 0.3) is 11.8 Å². The van der Waals surface area contributed by atoms with Gasteiger partial charge in [0.2, 0.25) is 0 Å². The molecule has 2 aliphatic rings. The molecule has 2 atom stereocenters. The van der Waals surface area contributed by atoms with E-state index in [1.807, 2.05) is 56.9 Å². The Balaban J connectivity index is 1.89. The molecular weight excluding hydrogens is 408 g/mol. The molecular formula is C25H36N2O5. The third-order valence-corrected chi connectivity index (χ3v) is 5.47. The van der Waals surface area contributed by atoms with Gasteiger partial charge in [-0.2, -0.15) is 0 Å². The second kappa shape index (κ2) is 11.0. The summed E-state index contributed by atoms with van der Waals surface area (Å²) in [6.45, 7) is 12.6. The van der Waals surface area contributed by atoms with E-state index in [1.54, 1.807) is 0 Å². The van der Waals surface area contributed by atoms with E-state index in [9.17, 15) is 9.59 Å². The van der Waals surface area contributed by atoms with Crippen molar-refractivity contribution < 1.29 is 23.8 Å². The smallest absolute Gasteiger partial charge is 0.277 e. The SMILES string of the molecule is CCCOc1ccc(C2=C(N3CC(C)OC(C)C3)C(=O)N(CCCOC(C)C)C2=O)cc1. The Hall–Kier alpha value is -2.38. The van der Waals surface area contributed by atoms with Crippen molar-refractivity contribution in [3.63, 3.8) is 0 Å². The highest BCUT2D eigenvalue weighted by Crippen LogP contribution is 2.34. The van der Waals surface area contributed by atoms with Crippen molar-refractivity contribution in [2.75, 3.05) is 32.8 Å². The van der Waals surface area contributed by atoms with Crippen molar-refractivity contribution in [2.24, 2.45) is 0 Å². The first kappa shape index (κ1) is 24.3. The number of hydrogen-bond donors (Lipinski definition) is 0. The molecule has 2 amide bonds. The lowest BCUT2D eigenvalue weighted by atomic mass is 10.0. The van der Waals surface area contributed by atoms with Crippen LogP contribution < -0.4 is 4.74 Å². The number of benzene rings is 1. The molecule has 1 saturated heterocycles. The fourth-order valence-corrected chi connectivity index (χ4v) is 4.16. The highest BCUT2D eigenvalue weighted by Gasteiger charge is 2.42. The average Bonchev–Trinajstić information content (AvgIpc) is 2.99. The molecule has 3 rings (SSSR count). The van der Waals surface area contributed by atoms with Crippen molar-refractivity contribution in [3.05, 3.63) is 35.5 Å². The first-order chi connectivity index (χ1) is 15.3. The normalized spacial score (nSPS) is 21.8. The molecule has 32 heavy (non-hydrogen) atoms. The maximum atomic E-state index is 13.4. The van der Waals surface area contributed by atoms with Crippen LogP contribution in [0.2, 0.25) is 0 Å². The number of nitrogens with zero attached hydrogens (tertiary/aromatic N) is 2. The Kier molecular flexibility index (Phi) is 8.32. The van der Waals surface area contributed by atoms with Crippen molar-refractivity contribution >= 4 is 17.4 Å². The topological polar surface area (TPSA) is 68.3 Å². The van der Waals surface area contributed by atoms with Crippen LogP contribution in [0.25, 0.3) is 5.57 Å². The molecule has 1 aromatic carbocycles. The molecule has 2 aliphatic heterocycles. The van der Waals surface area contributed by atoms with Gasteiger partial charge in [-0.1, -0.05) is 19.1 Å². The van der Waals surface area contributed by atoms with Crippen LogP contribution in [-0.2, 0) is 19.1 Å². The van der Waals surface area contributed by atoms with Crippen LogP contribution in [0.1, 0.15) is 53.0 Å². The van der Waals surface area contributed by atoms with Crippen molar-refractivity contribution in [1.29, 1.82) is 0 Å². The summed E-state index contributed by atoms with van der Waals surface area (Å²) in [5, 5.41) is 0. The molecule has 0 saturated carbocycles. The number of carbonyl (C=O) groups is 2. The van der Waals surface area contributed by atoms with Crippen LogP contribution in [0.4, 0.5) is 0 Å². The minimum Gasteiger partial charge on any atom is -0.494 e. The van der Waals surface area contributed by atoms with Gasteiger partial charge in [0.05, 0.1) is 30.5 Å². The largest absolute Gasteiger partial charge is 0.494 e. The number of amides is 2. The zero-order valence-corrected chi connectivity index (χ0v) is 19.9. The molecule has 2 unspecified atom stereocenters. The van der Waals surface area contributed by atoms with Gasteiger partial charge in [-0.15, -0.1) is 0 Å². The summed E-state index contributed by atoms with van der Waals surface area (Å²) in [5.74, 6) is 0.275. The van der Waals surface area contributed by atoms with Gasteiger partial charge in [-0.05, 0) is 58.2 Å². The fraction of sp³-hybridized carbons (Fsp3) is 0.600. The molecule has 0 aromatic heterocycles. The van der Waals surface area contributed by atoms with Crippen molar-refractivity contribution in [1.82, 2.24) is 9.80 Å². The molecule has 7 heteroatoms. The first-order valence-corrected chi connectivity index (χ1v) is 11.7. The predicted octanol–water partition coefficient (Wildman–Crippen LogP) is 3.48. The number of hydrogen-bond acceptors (Lipinski definition) is 6. The van der Waals surface area contributed by atoms with Gasteiger partial charge >= 0.3 is 0 Å². The van der Waals surface area contributed by atoms with E-state index in [1.165, 1.54) is 4.90 Å². The highest BCUT2D eigenvalue weighted by molar-refractivity contribution is 6.35. The summed E-state index contributed by atoms with van der Waals surface area (Å²) in [5.41, 5.74) is 1.67. The molecule has 0 spiro atoms. The lowest BCUT2D eigenvalue weighted by molar-refractivity contribution is -0.138. The van der Waals surface area contributed by atoms with Crippen LogP contribution in [0.15, 0.2) is 30.0 Å². The maximum absolute atomic E-state index is 13.4. The van der Waals surface area contributed by atoms with Gasteiger partial charge in [-0.3, -0.25) is 14.5 Å². The van der Waals surface area contributed by atoms with Crippen LogP contribution in [-0.4, -0.2) is 72.8 Å². The van der Waals surface area contributed by atoms with E-state index in [4.69, 9.17) is 14.2 Å². The number of ether oxygens (including phenoxy) is 3. The number of carbonyl (C=O) groups excluding carboxylic acids is 2. The van der Waals surface area contributed by atoms with Gasteiger partial charge in [0.15, 0.2) is 0 Å². The molecule has 2 heterocycles. The zero-order chi connectivity index (χ0) is 23.3. The third kappa shape index (κ3) is 5.70. The van der Waals surface area contributed by atoms with Gasteiger partial charge in [0.1, 0.15) is 11.4 Å². The lowest BCUT2D eigenvalue weighted by Crippen LogP contribution is -2.47. The van der Waals surface area contributed by atoms with E-state index < -0.39 is 0 Å². The molecule has 1 aromatic rings. The van der Waals surface area contributed by atoms with Crippen LogP contribution >= 0.6 is 0 Å². The average molecular weight is 445 g/mol. The van der Waals surface area contributed by atoms with E-state index >= 15 is 0 Å². The van der Waals surface area contributed by atoms with Crippen LogP contribution in [0.5, 0.6) is 5.75 Å². The molecule has 7 nitrogen and oxygen atoms in total. The Bertz CT molecular complexity index is 823. The molecule has 0 aliphatic carbocycles. The Morgan fingerprint density at radius 1 is 1.03 bits per heavy atom. The van der Waals surface area contributed by atoms with Crippen molar-refractivity contribution in [2.45, 2.75) is 65.8 Å². The summed E-state index contributed by atoms with van der Waals surface area (Å²) in [6, 6.07) is 7.45. The summed E-state index contributed by atoms with van der Waals surface area (Å²) in [6.07, 6.45) is 1.61. The maximum Gasteiger partial charge on any atom is 0.277 e. The van der Waals surface area contributed by atoms with E-state index in [-0.39, 0.29) is 30.1 Å². The molecule has 176 valence electrons. The standard InChI is InChI=1S/C25H36N2O5/c1-6-13-31-21-10-8-20(9-11-21)22-23(26-15-18(4)32-19(5)16-26)25(29)27(24(22)28)12-7-14-30-17(2)3/h8-11,17-19H,6-7,12-16H2,1-5H3. The first-order valence-electron chi connectivity index (χ1n) is 11.7. The second-order valence-electron chi connectivity index (χ2n) is 8.79. The number of rotatable bonds is 10. The summed E-state index contributed by atoms with van der Waals surface area (Å²) in [7, 11) is 0. The molecule has 0 bridgehead atoms. The minimum absolute atomic E-state index is 0.0197. The number of morpholine rings is 1. The van der Waals surface area contributed by atoms with E-state index in [0.717, 1.165) is 17.7 Å². The van der Waals surface area contributed by atoms with Gasteiger partial charge < -0.3 is 19.1 Å². The third-order valence-electron chi connectivity index (χ3n) is 5.47. The second-order valence-corrected chi connectivity index (χ2v) is 8.79. The fourth-order valence-electron chi connectivity index (χ4n) is 4.16. The monoisotopic (exact) mass is 444 g/mol. The van der Waals surface area contributed by atoms with E-state index in [0.29, 0.717) is 50.5 Å². The van der Waals surface area contributed by atoms with Gasteiger partial charge in [-0.25, -0.2) is 0 Å². The summed E-state index contributed by atoms with van der Waals surface area (Å²) in [4.78, 5) is 30.3. The Morgan fingerprint density at radius 2 is 1.69 bits per heavy atom. The number of imide groups is 1. The van der Waals surface area contributed by atoms with Crippen LogP contribution in [0.3, 0.4) is 0 Å². The zero-order valence-electron chi connectivity index (χ0n) is 19.9. The summed E-state index contributed by atoms with van der Waals surface area (Å²) < 4.78 is 17.1. The van der Waals surface area contributed by atoms with Crippen LogP contribution in [0, 0.1) is 0 Å². The van der Waals surface area contributed by atoms with Crippen molar-refractivity contribution in [3.8, 4) is 5.75 Å².